The Morgan fingerprint density at radius 2 is 2.05 bits per heavy atom. The molecule has 0 aliphatic rings. The van der Waals surface area contributed by atoms with Crippen LogP contribution in [0.3, 0.4) is 0 Å². The van der Waals surface area contributed by atoms with Crippen molar-refractivity contribution in [3.63, 3.8) is 0 Å². The number of halogens is 1. The minimum Gasteiger partial charge on any atom is -0.497 e. The number of ether oxygens (including phenoxy) is 1. The van der Waals surface area contributed by atoms with E-state index >= 15 is 0 Å². The van der Waals surface area contributed by atoms with Gasteiger partial charge in [0.25, 0.3) is 0 Å². The molecule has 0 bridgehead atoms. The summed E-state index contributed by atoms with van der Waals surface area (Å²) >= 11 is 0. The number of hydrogen-bond acceptors (Lipinski definition) is 3. The predicted octanol–water partition coefficient (Wildman–Crippen LogP) is 3.38. The number of anilines is 1. The van der Waals surface area contributed by atoms with Crippen molar-refractivity contribution >= 4 is 11.7 Å². The smallest absolute Gasteiger partial charge is 0.330 e. The highest BCUT2D eigenvalue weighted by atomic mass is 19.1. The maximum atomic E-state index is 13.2. The van der Waals surface area contributed by atoms with E-state index in [1.54, 1.807) is 31.2 Å². The molecule has 0 heterocycles. The largest absolute Gasteiger partial charge is 0.497 e. The van der Waals surface area contributed by atoms with Crippen molar-refractivity contribution in [1.82, 2.24) is 0 Å². The first-order chi connectivity index (χ1) is 10.0. The van der Waals surface area contributed by atoms with Crippen LogP contribution in [0, 0.1) is 12.7 Å². The van der Waals surface area contributed by atoms with Crippen LogP contribution in [0.4, 0.5) is 10.1 Å². The quantitative estimate of drug-likeness (QED) is 0.886. The molecule has 4 nitrogen and oxygen atoms in total. The van der Waals surface area contributed by atoms with Crippen molar-refractivity contribution < 1.29 is 19.0 Å². The highest BCUT2D eigenvalue weighted by molar-refractivity contribution is 5.80. The van der Waals surface area contributed by atoms with Crippen molar-refractivity contribution in [2.24, 2.45) is 0 Å². The van der Waals surface area contributed by atoms with Gasteiger partial charge in [-0.3, -0.25) is 0 Å². The van der Waals surface area contributed by atoms with Crippen molar-refractivity contribution in [2.45, 2.75) is 13.0 Å². The summed E-state index contributed by atoms with van der Waals surface area (Å²) in [7, 11) is 1.54. The van der Waals surface area contributed by atoms with Crippen molar-refractivity contribution in [3.05, 3.63) is 59.4 Å². The van der Waals surface area contributed by atoms with Gasteiger partial charge in [-0.15, -0.1) is 0 Å². The third kappa shape index (κ3) is 3.51. The van der Waals surface area contributed by atoms with Crippen molar-refractivity contribution in [1.29, 1.82) is 0 Å². The van der Waals surface area contributed by atoms with Gasteiger partial charge in [-0.2, -0.15) is 0 Å². The van der Waals surface area contributed by atoms with Gasteiger partial charge in [0.2, 0.25) is 0 Å². The summed E-state index contributed by atoms with van der Waals surface area (Å²) in [5, 5.41) is 12.3. The van der Waals surface area contributed by atoms with E-state index in [0.29, 0.717) is 22.6 Å². The number of aliphatic carboxylic acids is 1. The Morgan fingerprint density at radius 3 is 2.67 bits per heavy atom. The summed E-state index contributed by atoms with van der Waals surface area (Å²) < 4.78 is 18.3. The average molecular weight is 289 g/mol. The molecule has 2 N–H and O–H groups in total. The lowest BCUT2D eigenvalue weighted by molar-refractivity contribution is -0.138. The number of methoxy groups -OCH3 is 1. The first kappa shape index (κ1) is 14.8. The third-order valence-electron chi connectivity index (χ3n) is 3.17. The van der Waals surface area contributed by atoms with Gasteiger partial charge in [-0.25, -0.2) is 9.18 Å². The molecule has 0 aromatic heterocycles. The minimum absolute atomic E-state index is 0.387. The molecule has 1 atom stereocenters. The fourth-order valence-corrected chi connectivity index (χ4v) is 2.12. The zero-order valence-electron chi connectivity index (χ0n) is 11.8. The Labute approximate surface area is 122 Å². The number of rotatable bonds is 5. The van der Waals surface area contributed by atoms with Crippen LogP contribution < -0.4 is 10.1 Å². The first-order valence-electron chi connectivity index (χ1n) is 6.40. The standard InChI is InChI=1S/C16H16FNO3/c1-10-8-11(17)6-7-14(10)15(16(19)20)18-12-4-3-5-13(9-12)21-2/h3-9,15,18H,1-2H3,(H,19,20). The van der Waals surface area contributed by atoms with E-state index < -0.39 is 12.0 Å². The zero-order chi connectivity index (χ0) is 15.4. The van der Waals surface area contributed by atoms with Crippen LogP contribution in [-0.4, -0.2) is 18.2 Å². The number of carboxylic acids is 1. The van der Waals surface area contributed by atoms with Gasteiger partial charge in [-0.1, -0.05) is 12.1 Å². The molecule has 0 aliphatic carbocycles. The molecule has 0 amide bonds. The Kier molecular flexibility index (Phi) is 4.42. The van der Waals surface area contributed by atoms with E-state index in [0.717, 1.165) is 0 Å². The molecule has 1 unspecified atom stereocenters. The molecule has 0 saturated carbocycles. The number of hydrogen-bond donors (Lipinski definition) is 2. The Balaban J connectivity index is 2.33. The van der Waals surface area contributed by atoms with E-state index in [4.69, 9.17) is 4.74 Å². The Hall–Kier alpha value is -2.56. The normalized spacial score (nSPS) is 11.8. The number of carboxylic acid groups (broad SMARTS) is 1. The minimum atomic E-state index is -1.03. The molecule has 0 saturated heterocycles. The van der Waals surface area contributed by atoms with Gasteiger partial charge in [0.05, 0.1) is 7.11 Å². The highest BCUT2D eigenvalue weighted by Gasteiger charge is 2.21. The summed E-state index contributed by atoms with van der Waals surface area (Å²) in [4.78, 5) is 11.5. The molecular weight excluding hydrogens is 273 g/mol. The van der Waals surface area contributed by atoms with Gasteiger partial charge in [-0.05, 0) is 42.3 Å². The maximum Gasteiger partial charge on any atom is 0.330 e. The number of aryl methyl sites for hydroxylation is 1. The predicted molar refractivity (Wildman–Crippen MR) is 78.1 cm³/mol. The summed E-state index contributed by atoms with van der Waals surface area (Å²) in [6.45, 7) is 1.68. The SMILES string of the molecule is COc1cccc(NC(C(=O)O)c2ccc(F)cc2C)c1. The second-order valence-corrected chi connectivity index (χ2v) is 4.65. The first-order valence-corrected chi connectivity index (χ1v) is 6.40. The molecule has 0 radical (unpaired) electrons. The molecule has 0 fully saturated rings. The third-order valence-corrected chi connectivity index (χ3v) is 3.17. The van der Waals surface area contributed by atoms with Crippen LogP contribution in [0.25, 0.3) is 0 Å². The van der Waals surface area contributed by atoms with Gasteiger partial charge in [0.15, 0.2) is 6.04 Å². The monoisotopic (exact) mass is 289 g/mol. The summed E-state index contributed by atoms with van der Waals surface area (Å²) in [5.41, 5.74) is 1.72. The fraction of sp³-hybridized carbons (Fsp3) is 0.188. The van der Waals surface area contributed by atoms with E-state index in [2.05, 4.69) is 5.32 Å². The Bertz CT molecular complexity index is 658. The molecule has 0 aliphatic heterocycles. The molecule has 2 rings (SSSR count). The van der Waals surface area contributed by atoms with Gasteiger partial charge in [0, 0.05) is 11.8 Å². The molecule has 0 spiro atoms. The Morgan fingerprint density at radius 1 is 1.29 bits per heavy atom. The van der Waals surface area contributed by atoms with E-state index in [-0.39, 0.29) is 5.82 Å². The van der Waals surface area contributed by atoms with E-state index in [9.17, 15) is 14.3 Å². The van der Waals surface area contributed by atoms with Crippen LogP contribution >= 0.6 is 0 Å². The van der Waals surface area contributed by atoms with Crippen LogP contribution in [-0.2, 0) is 4.79 Å². The lowest BCUT2D eigenvalue weighted by atomic mass is 10.0. The molecule has 21 heavy (non-hydrogen) atoms. The van der Waals surface area contributed by atoms with Gasteiger partial charge >= 0.3 is 5.97 Å². The van der Waals surface area contributed by atoms with Gasteiger partial charge < -0.3 is 15.2 Å². The lowest BCUT2D eigenvalue weighted by Gasteiger charge is -2.18. The van der Waals surface area contributed by atoms with Gasteiger partial charge in [0.1, 0.15) is 11.6 Å². The van der Waals surface area contributed by atoms with Crippen LogP contribution in [0.15, 0.2) is 42.5 Å². The van der Waals surface area contributed by atoms with Crippen LogP contribution in [0.2, 0.25) is 0 Å². The second-order valence-electron chi connectivity index (χ2n) is 4.65. The van der Waals surface area contributed by atoms with Crippen molar-refractivity contribution in [3.8, 4) is 5.75 Å². The van der Waals surface area contributed by atoms with Crippen LogP contribution in [0.1, 0.15) is 17.2 Å². The summed E-state index contributed by atoms with van der Waals surface area (Å²) in [5.74, 6) is -0.797. The molecule has 110 valence electrons. The second kappa shape index (κ2) is 6.26. The highest BCUT2D eigenvalue weighted by Crippen LogP contribution is 2.25. The molecule has 2 aromatic carbocycles. The summed E-state index contributed by atoms with van der Waals surface area (Å²) in [6, 6.07) is 10.1. The van der Waals surface area contributed by atoms with E-state index in [1.165, 1.54) is 25.3 Å². The maximum absolute atomic E-state index is 13.2. The molecular formula is C16H16FNO3. The zero-order valence-corrected chi connectivity index (χ0v) is 11.8. The number of benzene rings is 2. The average Bonchev–Trinajstić information content (AvgIpc) is 2.45. The molecule has 5 heteroatoms. The number of carbonyl (C=O) groups is 1. The lowest BCUT2D eigenvalue weighted by Crippen LogP contribution is -2.21. The summed E-state index contributed by atoms with van der Waals surface area (Å²) in [6.07, 6.45) is 0. The van der Waals surface area contributed by atoms with E-state index in [1.807, 2.05) is 0 Å². The number of nitrogens with one attached hydrogen (secondary N) is 1. The topological polar surface area (TPSA) is 58.6 Å². The van der Waals surface area contributed by atoms with Crippen LogP contribution in [0.5, 0.6) is 5.75 Å². The van der Waals surface area contributed by atoms with Crippen molar-refractivity contribution in [2.75, 3.05) is 12.4 Å². The molecule has 2 aromatic rings. The fourth-order valence-electron chi connectivity index (χ4n) is 2.12.